The molecule has 1 fully saturated rings. The van der Waals surface area contributed by atoms with E-state index in [1.165, 1.54) is 82.6 Å². The summed E-state index contributed by atoms with van der Waals surface area (Å²) in [5, 5.41) is 0. The van der Waals surface area contributed by atoms with Crippen LogP contribution in [0.15, 0.2) is 30.3 Å². The molecule has 3 nitrogen and oxygen atoms in total. The van der Waals surface area contributed by atoms with Gasteiger partial charge in [-0.2, -0.15) is 0 Å². The van der Waals surface area contributed by atoms with Crippen molar-refractivity contribution in [3.05, 3.63) is 35.9 Å². The highest BCUT2D eigenvalue weighted by atomic mass is 16.7. The standard InChI is InChI=1S/C27H46O3/c1-2-3-4-5-6-7-8-9-15-20-27(29-23-24-30-27)21-16-10-11-17-22-28-25-26-18-13-12-14-19-26/h12-14,18-19H,2-11,15-17,20-25H2,1H3. The summed E-state index contributed by atoms with van der Waals surface area (Å²) in [6.45, 7) is 5.40. The molecule has 1 aromatic carbocycles. The molecule has 172 valence electrons. The lowest BCUT2D eigenvalue weighted by Crippen LogP contribution is -2.30. The van der Waals surface area contributed by atoms with Gasteiger partial charge in [-0.05, 0) is 24.8 Å². The van der Waals surface area contributed by atoms with Gasteiger partial charge in [0.25, 0.3) is 0 Å². The molecule has 1 aliphatic heterocycles. The fraction of sp³-hybridized carbons (Fsp3) is 0.778. The minimum absolute atomic E-state index is 0.273. The van der Waals surface area contributed by atoms with Crippen LogP contribution in [0.1, 0.15) is 109 Å². The molecule has 0 N–H and O–H groups in total. The van der Waals surface area contributed by atoms with Gasteiger partial charge in [0.2, 0.25) is 0 Å². The highest BCUT2D eigenvalue weighted by molar-refractivity contribution is 5.13. The van der Waals surface area contributed by atoms with Gasteiger partial charge in [0.05, 0.1) is 19.8 Å². The third-order valence-corrected chi connectivity index (χ3v) is 6.18. The van der Waals surface area contributed by atoms with Gasteiger partial charge in [-0.3, -0.25) is 0 Å². The van der Waals surface area contributed by atoms with Crippen molar-refractivity contribution in [3.8, 4) is 0 Å². The molecule has 0 atom stereocenters. The van der Waals surface area contributed by atoms with E-state index in [1.807, 2.05) is 6.07 Å². The van der Waals surface area contributed by atoms with Crippen LogP contribution in [-0.2, 0) is 20.8 Å². The highest BCUT2D eigenvalue weighted by Crippen LogP contribution is 2.32. The molecule has 1 aromatic rings. The monoisotopic (exact) mass is 418 g/mol. The van der Waals surface area contributed by atoms with Gasteiger partial charge in [0, 0.05) is 19.4 Å². The van der Waals surface area contributed by atoms with Crippen LogP contribution in [0.2, 0.25) is 0 Å². The van der Waals surface area contributed by atoms with Gasteiger partial charge in [0.15, 0.2) is 5.79 Å². The summed E-state index contributed by atoms with van der Waals surface area (Å²) in [5.74, 6) is -0.273. The smallest absolute Gasteiger partial charge is 0.168 e. The van der Waals surface area contributed by atoms with E-state index < -0.39 is 0 Å². The number of hydrogen-bond donors (Lipinski definition) is 0. The van der Waals surface area contributed by atoms with Crippen LogP contribution in [0.5, 0.6) is 0 Å². The van der Waals surface area contributed by atoms with Crippen molar-refractivity contribution in [3.63, 3.8) is 0 Å². The summed E-state index contributed by atoms with van der Waals surface area (Å²) in [5.41, 5.74) is 1.26. The summed E-state index contributed by atoms with van der Waals surface area (Å²) in [6.07, 6.45) is 19.2. The molecule has 0 radical (unpaired) electrons. The van der Waals surface area contributed by atoms with E-state index in [2.05, 4.69) is 31.2 Å². The largest absolute Gasteiger partial charge is 0.377 e. The van der Waals surface area contributed by atoms with E-state index in [4.69, 9.17) is 14.2 Å². The Morgan fingerprint density at radius 2 is 1.23 bits per heavy atom. The fourth-order valence-corrected chi connectivity index (χ4v) is 4.33. The fourth-order valence-electron chi connectivity index (χ4n) is 4.33. The lowest BCUT2D eigenvalue weighted by molar-refractivity contribution is -0.168. The predicted molar refractivity (Wildman–Crippen MR) is 126 cm³/mol. The Balaban J connectivity index is 1.44. The first-order valence-corrected chi connectivity index (χ1v) is 12.7. The quantitative estimate of drug-likeness (QED) is 0.214. The zero-order chi connectivity index (χ0) is 21.2. The molecule has 0 bridgehead atoms. The molecular weight excluding hydrogens is 372 g/mol. The van der Waals surface area contributed by atoms with E-state index >= 15 is 0 Å². The van der Waals surface area contributed by atoms with Crippen LogP contribution in [0.25, 0.3) is 0 Å². The van der Waals surface area contributed by atoms with Gasteiger partial charge in [-0.25, -0.2) is 0 Å². The average molecular weight is 419 g/mol. The first kappa shape index (κ1) is 25.4. The van der Waals surface area contributed by atoms with Crippen molar-refractivity contribution in [2.75, 3.05) is 19.8 Å². The molecule has 30 heavy (non-hydrogen) atoms. The van der Waals surface area contributed by atoms with E-state index in [0.29, 0.717) is 0 Å². The molecule has 0 aromatic heterocycles. The molecule has 1 aliphatic rings. The lowest BCUT2D eigenvalue weighted by Gasteiger charge is -2.27. The van der Waals surface area contributed by atoms with Crippen molar-refractivity contribution in [2.24, 2.45) is 0 Å². The minimum atomic E-state index is -0.273. The SMILES string of the molecule is CCCCCCCCCCCC1(CCCCCCOCc2ccccc2)OCCO1. The zero-order valence-electron chi connectivity index (χ0n) is 19.5. The first-order valence-electron chi connectivity index (χ1n) is 12.7. The maximum Gasteiger partial charge on any atom is 0.168 e. The Hall–Kier alpha value is -0.900. The van der Waals surface area contributed by atoms with E-state index in [-0.39, 0.29) is 5.79 Å². The van der Waals surface area contributed by atoms with E-state index in [0.717, 1.165) is 45.7 Å². The van der Waals surface area contributed by atoms with Crippen molar-refractivity contribution < 1.29 is 14.2 Å². The van der Waals surface area contributed by atoms with Crippen LogP contribution in [0.3, 0.4) is 0 Å². The Bertz CT molecular complexity index is 496. The maximum absolute atomic E-state index is 6.06. The van der Waals surface area contributed by atoms with Gasteiger partial charge in [-0.15, -0.1) is 0 Å². The van der Waals surface area contributed by atoms with Crippen LogP contribution in [-0.4, -0.2) is 25.6 Å². The van der Waals surface area contributed by atoms with Crippen molar-refractivity contribution >= 4 is 0 Å². The Kier molecular flexibility index (Phi) is 14.2. The molecule has 0 aliphatic carbocycles. The first-order chi connectivity index (χ1) is 14.8. The second kappa shape index (κ2) is 16.8. The van der Waals surface area contributed by atoms with E-state index in [9.17, 15) is 0 Å². The molecule has 0 saturated carbocycles. The van der Waals surface area contributed by atoms with Gasteiger partial charge >= 0.3 is 0 Å². The predicted octanol–water partition coefficient (Wildman–Crippen LogP) is 7.82. The van der Waals surface area contributed by atoms with Crippen LogP contribution < -0.4 is 0 Å². The number of unbranched alkanes of at least 4 members (excludes halogenated alkanes) is 11. The second-order valence-corrected chi connectivity index (χ2v) is 8.89. The summed E-state index contributed by atoms with van der Waals surface area (Å²) in [7, 11) is 0. The summed E-state index contributed by atoms with van der Waals surface area (Å²) < 4.78 is 17.9. The summed E-state index contributed by atoms with van der Waals surface area (Å²) in [4.78, 5) is 0. The lowest BCUT2D eigenvalue weighted by atomic mass is 9.99. The Morgan fingerprint density at radius 1 is 0.700 bits per heavy atom. The average Bonchev–Trinajstić information content (AvgIpc) is 3.24. The summed E-state index contributed by atoms with van der Waals surface area (Å²) >= 11 is 0. The number of ether oxygens (including phenoxy) is 3. The molecule has 0 amide bonds. The number of rotatable bonds is 19. The molecule has 0 spiro atoms. The Labute approximate surface area is 185 Å². The zero-order valence-corrected chi connectivity index (χ0v) is 19.5. The number of benzene rings is 1. The van der Waals surface area contributed by atoms with Crippen molar-refractivity contribution in [1.29, 1.82) is 0 Å². The van der Waals surface area contributed by atoms with Gasteiger partial charge < -0.3 is 14.2 Å². The molecule has 1 saturated heterocycles. The normalized spacial score (nSPS) is 15.6. The minimum Gasteiger partial charge on any atom is -0.377 e. The van der Waals surface area contributed by atoms with Crippen LogP contribution in [0, 0.1) is 0 Å². The van der Waals surface area contributed by atoms with Crippen LogP contribution in [0.4, 0.5) is 0 Å². The molecule has 2 rings (SSSR count). The molecular formula is C27H46O3. The molecule has 0 unspecified atom stereocenters. The molecule has 1 heterocycles. The van der Waals surface area contributed by atoms with Crippen LogP contribution >= 0.6 is 0 Å². The van der Waals surface area contributed by atoms with Crippen molar-refractivity contribution in [1.82, 2.24) is 0 Å². The van der Waals surface area contributed by atoms with Gasteiger partial charge in [-0.1, -0.05) is 101 Å². The van der Waals surface area contributed by atoms with Gasteiger partial charge in [0.1, 0.15) is 0 Å². The summed E-state index contributed by atoms with van der Waals surface area (Å²) in [6, 6.07) is 10.4. The third kappa shape index (κ3) is 11.5. The third-order valence-electron chi connectivity index (χ3n) is 6.18. The second-order valence-electron chi connectivity index (χ2n) is 8.89. The number of hydrogen-bond acceptors (Lipinski definition) is 3. The van der Waals surface area contributed by atoms with E-state index in [1.54, 1.807) is 0 Å². The topological polar surface area (TPSA) is 27.7 Å². The van der Waals surface area contributed by atoms with Crippen molar-refractivity contribution in [2.45, 2.75) is 116 Å². The maximum atomic E-state index is 6.06. The Morgan fingerprint density at radius 3 is 1.83 bits per heavy atom. The highest BCUT2D eigenvalue weighted by Gasteiger charge is 2.35. The molecule has 3 heteroatoms.